The molecule has 3 amide bonds. The van der Waals surface area contributed by atoms with Gasteiger partial charge in [0.25, 0.3) is 0 Å². The molecule has 2 atom stereocenters. The molecule has 1 fully saturated rings. The summed E-state index contributed by atoms with van der Waals surface area (Å²) < 4.78 is 11.5. The molecule has 0 spiro atoms. The molecule has 1 aromatic carbocycles. The number of pyridine rings is 1. The number of para-hydroxylation sites is 1. The SMILES string of the molecule is C[C@@H]1CN(CC(=O)N2CC(C)(C)c3cnc(Oc4ccccc4Cl)cc32)[C@@H](C(=O)N(C)C)CN1C(=O)OC(C)(C)C. The summed E-state index contributed by atoms with van der Waals surface area (Å²) in [5.41, 5.74) is 0.654. The minimum absolute atomic E-state index is 0.00922. The summed E-state index contributed by atoms with van der Waals surface area (Å²) in [5.74, 6) is 0.465. The molecule has 10 nitrogen and oxygen atoms in total. The zero-order chi connectivity index (χ0) is 30.3. The fraction of sp³-hybridized carbons (Fsp3) is 0.533. The Bertz CT molecular complexity index is 1320. The van der Waals surface area contributed by atoms with Crippen LogP contribution in [0.1, 0.15) is 47.1 Å². The van der Waals surface area contributed by atoms with Crippen LogP contribution in [-0.2, 0) is 19.7 Å². The van der Waals surface area contributed by atoms with Crippen LogP contribution in [0.4, 0.5) is 10.5 Å². The number of piperazine rings is 1. The van der Waals surface area contributed by atoms with Crippen molar-refractivity contribution in [1.82, 2.24) is 19.7 Å². The van der Waals surface area contributed by atoms with E-state index in [1.165, 1.54) is 4.90 Å². The Kier molecular flexibility index (Phi) is 8.57. The molecule has 0 saturated carbocycles. The summed E-state index contributed by atoms with van der Waals surface area (Å²) in [4.78, 5) is 51.3. The minimum atomic E-state index is -0.690. The normalized spacial score (nSPS) is 20.4. The van der Waals surface area contributed by atoms with Gasteiger partial charge in [0, 0.05) is 63.0 Å². The van der Waals surface area contributed by atoms with Crippen molar-refractivity contribution < 1.29 is 23.9 Å². The van der Waals surface area contributed by atoms with Crippen LogP contribution in [0.3, 0.4) is 0 Å². The van der Waals surface area contributed by atoms with E-state index in [0.29, 0.717) is 35.4 Å². The third-order valence-corrected chi connectivity index (χ3v) is 7.63. The fourth-order valence-corrected chi connectivity index (χ4v) is 5.42. The number of carbonyl (C=O) groups is 3. The molecule has 0 bridgehead atoms. The van der Waals surface area contributed by atoms with Crippen LogP contribution >= 0.6 is 11.6 Å². The lowest BCUT2D eigenvalue weighted by atomic mass is 9.88. The molecule has 222 valence electrons. The number of amides is 3. The van der Waals surface area contributed by atoms with Gasteiger partial charge in [-0.25, -0.2) is 9.78 Å². The van der Waals surface area contributed by atoms with Crippen molar-refractivity contribution >= 4 is 35.2 Å². The minimum Gasteiger partial charge on any atom is -0.444 e. The lowest BCUT2D eigenvalue weighted by Gasteiger charge is -2.45. The van der Waals surface area contributed by atoms with Crippen molar-refractivity contribution in [2.45, 2.75) is 64.6 Å². The highest BCUT2D eigenvalue weighted by Crippen LogP contribution is 2.42. The Balaban J connectivity index is 1.57. The van der Waals surface area contributed by atoms with Gasteiger partial charge >= 0.3 is 6.09 Å². The third kappa shape index (κ3) is 6.76. The maximum atomic E-state index is 13.9. The van der Waals surface area contributed by atoms with E-state index in [1.54, 1.807) is 48.3 Å². The number of ether oxygens (including phenoxy) is 2. The monoisotopic (exact) mass is 585 g/mol. The molecule has 4 rings (SSSR count). The molecule has 2 aromatic rings. The molecule has 0 N–H and O–H groups in total. The largest absolute Gasteiger partial charge is 0.444 e. The van der Waals surface area contributed by atoms with Gasteiger partial charge in [0.05, 0.1) is 17.3 Å². The van der Waals surface area contributed by atoms with Crippen LogP contribution in [0.15, 0.2) is 36.5 Å². The summed E-state index contributed by atoms with van der Waals surface area (Å²) in [6, 6.07) is 7.94. The first-order valence-corrected chi connectivity index (χ1v) is 14.1. The number of aromatic nitrogens is 1. The second-order valence-corrected chi connectivity index (χ2v) is 13.0. The van der Waals surface area contributed by atoms with Crippen LogP contribution < -0.4 is 9.64 Å². The summed E-state index contributed by atoms with van der Waals surface area (Å²) in [7, 11) is 3.34. The molecule has 2 aliphatic heterocycles. The molecule has 1 saturated heterocycles. The molecule has 0 unspecified atom stereocenters. The van der Waals surface area contributed by atoms with Crippen molar-refractivity contribution in [2.75, 3.05) is 45.2 Å². The van der Waals surface area contributed by atoms with Gasteiger partial charge < -0.3 is 24.2 Å². The van der Waals surface area contributed by atoms with Gasteiger partial charge in [-0.15, -0.1) is 0 Å². The van der Waals surface area contributed by atoms with E-state index in [4.69, 9.17) is 21.1 Å². The van der Waals surface area contributed by atoms with Crippen LogP contribution in [0.5, 0.6) is 11.6 Å². The smallest absolute Gasteiger partial charge is 0.410 e. The van der Waals surface area contributed by atoms with E-state index in [9.17, 15) is 14.4 Å². The van der Waals surface area contributed by atoms with Crippen LogP contribution in [0, 0.1) is 0 Å². The summed E-state index contributed by atoms with van der Waals surface area (Å²) in [5, 5.41) is 0.458. The zero-order valence-electron chi connectivity index (χ0n) is 25.1. The first kappa shape index (κ1) is 30.6. The molecule has 41 heavy (non-hydrogen) atoms. The van der Waals surface area contributed by atoms with E-state index < -0.39 is 17.7 Å². The third-order valence-electron chi connectivity index (χ3n) is 7.32. The molecule has 1 aromatic heterocycles. The number of hydrogen-bond donors (Lipinski definition) is 0. The standard InChI is InChI=1S/C30H40ClN5O5/c1-19-15-34(23(27(38)33(7)8)16-35(19)28(39)41-29(2,3)4)17-26(37)36-18-30(5,6)20-14-32-25(13-22(20)36)40-24-12-10-9-11-21(24)31/h9-14,19,23H,15-18H2,1-8H3/t19-,23-/m1/s1. The molecule has 0 aliphatic carbocycles. The first-order chi connectivity index (χ1) is 19.1. The highest BCUT2D eigenvalue weighted by atomic mass is 35.5. The fourth-order valence-electron chi connectivity index (χ4n) is 5.24. The number of likely N-dealkylation sites (N-methyl/N-ethyl adjacent to an activating group) is 1. The van der Waals surface area contributed by atoms with E-state index in [1.807, 2.05) is 44.7 Å². The second-order valence-electron chi connectivity index (χ2n) is 12.6. The Morgan fingerprint density at radius 3 is 2.46 bits per heavy atom. The highest BCUT2D eigenvalue weighted by Gasteiger charge is 2.43. The van der Waals surface area contributed by atoms with Gasteiger partial charge in [-0.05, 0) is 39.8 Å². The number of benzene rings is 1. The predicted molar refractivity (Wildman–Crippen MR) is 158 cm³/mol. The van der Waals surface area contributed by atoms with Gasteiger partial charge in [0.1, 0.15) is 17.4 Å². The first-order valence-electron chi connectivity index (χ1n) is 13.8. The zero-order valence-corrected chi connectivity index (χ0v) is 25.9. The predicted octanol–water partition coefficient (Wildman–Crippen LogP) is 4.55. The number of hydrogen-bond acceptors (Lipinski definition) is 7. The Morgan fingerprint density at radius 2 is 1.83 bits per heavy atom. The van der Waals surface area contributed by atoms with Crippen LogP contribution in [0.2, 0.25) is 5.02 Å². The van der Waals surface area contributed by atoms with Gasteiger partial charge in [-0.1, -0.05) is 37.6 Å². The van der Waals surface area contributed by atoms with Crippen LogP contribution in [-0.4, -0.2) is 95.6 Å². The van der Waals surface area contributed by atoms with Crippen LogP contribution in [0.25, 0.3) is 0 Å². The Labute approximate surface area is 247 Å². The molecular weight excluding hydrogens is 546 g/mol. The van der Waals surface area contributed by atoms with Crippen molar-refractivity contribution in [3.63, 3.8) is 0 Å². The van der Waals surface area contributed by atoms with Crippen molar-refractivity contribution in [3.8, 4) is 11.6 Å². The van der Waals surface area contributed by atoms with E-state index in [0.717, 1.165) is 5.56 Å². The Morgan fingerprint density at radius 1 is 1.15 bits per heavy atom. The average Bonchev–Trinajstić information content (AvgIpc) is 3.14. The lowest BCUT2D eigenvalue weighted by Crippen LogP contribution is -2.64. The summed E-state index contributed by atoms with van der Waals surface area (Å²) in [6.45, 7) is 12.4. The average molecular weight is 586 g/mol. The maximum Gasteiger partial charge on any atom is 0.410 e. The molecule has 11 heteroatoms. The van der Waals surface area contributed by atoms with Gasteiger partial charge in [0.2, 0.25) is 17.7 Å². The molecule has 2 aliphatic rings. The van der Waals surface area contributed by atoms with Crippen molar-refractivity contribution in [2.24, 2.45) is 0 Å². The van der Waals surface area contributed by atoms with Gasteiger partial charge in [0.15, 0.2) is 0 Å². The number of nitrogens with zero attached hydrogens (tertiary/aromatic N) is 5. The van der Waals surface area contributed by atoms with Gasteiger partial charge in [-0.2, -0.15) is 0 Å². The highest BCUT2D eigenvalue weighted by molar-refractivity contribution is 6.32. The van der Waals surface area contributed by atoms with E-state index in [-0.39, 0.29) is 36.4 Å². The molecule has 0 radical (unpaired) electrons. The number of anilines is 1. The number of halogens is 1. The van der Waals surface area contributed by atoms with E-state index in [2.05, 4.69) is 18.8 Å². The second kappa shape index (κ2) is 11.5. The van der Waals surface area contributed by atoms with Crippen molar-refractivity contribution in [1.29, 1.82) is 0 Å². The Hall–Kier alpha value is -3.37. The van der Waals surface area contributed by atoms with Crippen molar-refractivity contribution in [3.05, 3.63) is 47.1 Å². The quantitative estimate of drug-likeness (QED) is 0.508. The lowest BCUT2D eigenvalue weighted by molar-refractivity contribution is -0.138. The number of carbonyl (C=O) groups excluding carboxylic acids is 3. The number of fused-ring (bicyclic) bond motifs is 1. The summed E-state index contributed by atoms with van der Waals surface area (Å²) in [6.07, 6.45) is 1.27. The molecular formula is C30H40ClN5O5. The number of rotatable bonds is 5. The van der Waals surface area contributed by atoms with E-state index >= 15 is 0 Å². The summed E-state index contributed by atoms with van der Waals surface area (Å²) >= 11 is 6.27. The maximum absolute atomic E-state index is 13.9. The van der Waals surface area contributed by atoms with Gasteiger partial charge in [-0.3, -0.25) is 14.5 Å². The molecule has 3 heterocycles. The topological polar surface area (TPSA) is 95.5 Å².